The molecule has 2 N–H and O–H groups in total. The predicted molar refractivity (Wildman–Crippen MR) is 44.5 cm³/mol. The fraction of sp³-hybridized carbons (Fsp3) is 0. The van der Waals surface area contributed by atoms with Crippen molar-refractivity contribution in [3.05, 3.63) is 29.8 Å². The fourth-order valence-corrected chi connectivity index (χ4v) is 0.829. The van der Waals surface area contributed by atoms with Crippen molar-refractivity contribution in [2.75, 3.05) is 0 Å². The third-order valence-electron chi connectivity index (χ3n) is 1.38. The molecule has 0 spiro atoms. The zero-order chi connectivity index (χ0) is 8.97. The standard InChI is InChI=1S/C9H7O3/c10-6-2-3-7-8(11)4-1-5-9(7)12/h1-5,11-12H. The van der Waals surface area contributed by atoms with Crippen molar-refractivity contribution in [1.82, 2.24) is 0 Å². The van der Waals surface area contributed by atoms with Gasteiger partial charge in [-0.3, -0.25) is 4.79 Å². The van der Waals surface area contributed by atoms with E-state index in [1.807, 2.05) is 0 Å². The highest BCUT2D eigenvalue weighted by molar-refractivity contribution is 5.77. The summed E-state index contributed by atoms with van der Waals surface area (Å²) in [5, 5.41) is 18.4. The Balaban J connectivity index is 3.12. The molecule has 1 aromatic rings. The second-order valence-corrected chi connectivity index (χ2v) is 2.16. The van der Waals surface area contributed by atoms with E-state index in [0.29, 0.717) is 0 Å². The van der Waals surface area contributed by atoms with Crippen LogP contribution in [0.4, 0.5) is 0 Å². The third-order valence-corrected chi connectivity index (χ3v) is 1.38. The SMILES string of the molecule is O=[C]C=Cc1c(O)cccc1O. The van der Waals surface area contributed by atoms with Gasteiger partial charge in [0.1, 0.15) is 11.5 Å². The van der Waals surface area contributed by atoms with Crippen LogP contribution in [0.25, 0.3) is 6.08 Å². The molecule has 0 aliphatic carbocycles. The Hall–Kier alpha value is -1.77. The molecular formula is C9H7O3. The van der Waals surface area contributed by atoms with Crippen molar-refractivity contribution < 1.29 is 15.0 Å². The van der Waals surface area contributed by atoms with Gasteiger partial charge < -0.3 is 10.2 Å². The number of phenols is 2. The second kappa shape index (κ2) is 3.57. The molecule has 1 radical (unpaired) electrons. The van der Waals surface area contributed by atoms with Gasteiger partial charge in [-0.2, -0.15) is 0 Å². The number of hydrogen-bond donors (Lipinski definition) is 2. The Kier molecular flexibility index (Phi) is 2.48. The van der Waals surface area contributed by atoms with Crippen LogP contribution in [0.5, 0.6) is 11.5 Å². The first-order chi connectivity index (χ1) is 5.75. The normalized spacial score (nSPS) is 10.3. The van der Waals surface area contributed by atoms with Crippen molar-refractivity contribution in [3.63, 3.8) is 0 Å². The second-order valence-electron chi connectivity index (χ2n) is 2.16. The molecule has 0 aromatic heterocycles. The van der Waals surface area contributed by atoms with Crippen LogP contribution in [-0.2, 0) is 4.79 Å². The van der Waals surface area contributed by atoms with E-state index < -0.39 is 0 Å². The molecule has 0 saturated heterocycles. The summed E-state index contributed by atoms with van der Waals surface area (Å²) in [6.45, 7) is 0. The van der Waals surface area contributed by atoms with E-state index in [2.05, 4.69) is 0 Å². The topological polar surface area (TPSA) is 57.5 Å². The summed E-state index contributed by atoms with van der Waals surface area (Å²) >= 11 is 0. The average molecular weight is 163 g/mol. The Morgan fingerprint density at radius 1 is 1.25 bits per heavy atom. The van der Waals surface area contributed by atoms with Crippen molar-refractivity contribution in [3.8, 4) is 11.5 Å². The summed E-state index contributed by atoms with van der Waals surface area (Å²) in [7, 11) is 0. The van der Waals surface area contributed by atoms with Gasteiger partial charge in [0.05, 0.1) is 5.56 Å². The Bertz CT molecular complexity index is 295. The van der Waals surface area contributed by atoms with E-state index in [1.54, 1.807) is 0 Å². The maximum atomic E-state index is 9.83. The van der Waals surface area contributed by atoms with Gasteiger partial charge in [-0.25, -0.2) is 0 Å². The molecule has 0 heterocycles. The lowest BCUT2D eigenvalue weighted by Crippen LogP contribution is -1.75. The molecule has 0 fully saturated rings. The molecule has 0 unspecified atom stereocenters. The summed E-state index contributed by atoms with van der Waals surface area (Å²) in [4.78, 5) is 9.83. The largest absolute Gasteiger partial charge is 0.507 e. The maximum Gasteiger partial charge on any atom is 0.225 e. The van der Waals surface area contributed by atoms with E-state index in [4.69, 9.17) is 0 Å². The molecule has 1 aromatic carbocycles. The lowest BCUT2D eigenvalue weighted by Gasteiger charge is -1.99. The number of carbonyl (C=O) groups excluding carboxylic acids is 1. The van der Waals surface area contributed by atoms with Gasteiger partial charge in [0.2, 0.25) is 6.29 Å². The van der Waals surface area contributed by atoms with E-state index in [1.165, 1.54) is 30.6 Å². The molecule has 0 saturated carbocycles. The van der Waals surface area contributed by atoms with Crippen molar-refractivity contribution in [2.45, 2.75) is 0 Å². The summed E-state index contributed by atoms with van der Waals surface area (Å²) in [6, 6.07) is 4.35. The minimum atomic E-state index is -0.0681. The molecule has 3 heteroatoms. The molecule has 1 rings (SSSR count). The first-order valence-corrected chi connectivity index (χ1v) is 3.31. The van der Waals surface area contributed by atoms with E-state index in [9.17, 15) is 15.0 Å². The van der Waals surface area contributed by atoms with Crippen LogP contribution in [0, 0.1) is 0 Å². The Morgan fingerprint density at radius 2 is 1.83 bits per heavy atom. The molecular weight excluding hydrogens is 156 g/mol. The van der Waals surface area contributed by atoms with Crippen LogP contribution in [0.2, 0.25) is 0 Å². The molecule has 0 bridgehead atoms. The molecule has 0 amide bonds. The minimum Gasteiger partial charge on any atom is -0.507 e. The molecule has 0 atom stereocenters. The van der Waals surface area contributed by atoms with E-state index >= 15 is 0 Å². The number of aromatic hydroxyl groups is 2. The van der Waals surface area contributed by atoms with Crippen molar-refractivity contribution >= 4 is 12.4 Å². The predicted octanol–water partition coefficient (Wildman–Crippen LogP) is 1.22. The first kappa shape index (κ1) is 8.33. The highest BCUT2D eigenvalue weighted by Gasteiger charge is 2.01. The maximum absolute atomic E-state index is 9.83. The summed E-state index contributed by atoms with van der Waals surface area (Å²) in [6.07, 6.45) is 3.89. The summed E-state index contributed by atoms with van der Waals surface area (Å²) in [5.74, 6) is -0.136. The highest BCUT2D eigenvalue weighted by atomic mass is 16.3. The fourth-order valence-electron chi connectivity index (χ4n) is 0.829. The Morgan fingerprint density at radius 3 is 2.33 bits per heavy atom. The summed E-state index contributed by atoms with van der Waals surface area (Å²) < 4.78 is 0. The van der Waals surface area contributed by atoms with Crippen LogP contribution < -0.4 is 0 Å². The van der Waals surface area contributed by atoms with Gasteiger partial charge in [-0.15, -0.1) is 0 Å². The zero-order valence-corrected chi connectivity index (χ0v) is 6.19. The molecule has 12 heavy (non-hydrogen) atoms. The van der Waals surface area contributed by atoms with Crippen LogP contribution in [0.1, 0.15) is 5.56 Å². The monoisotopic (exact) mass is 163 g/mol. The van der Waals surface area contributed by atoms with Crippen molar-refractivity contribution in [2.24, 2.45) is 0 Å². The van der Waals surface area contributed by atoms with Gasteiger partial charge in [0.15, 0.2) is 0 Å². The van der Waals surface area contributed by atoms with Gasteiger partial charge in [-0.05, 0) is 24.3 Å². The molecule has 0 aliphatic heterocycles. The summed E-state index contributed by atoms with van der Waals surface area (Å²) in [5.41, 5.74) is 0.223. The third kappa shape index (κ3) is 1.63. The van der Waals surface area contributed by atoms with Crippen LogP contribution in [0.15, 0.2) is 24.3 Å². The molecule has 61 valence electrons. The van der Waals surface area contributed by atoms with Crippen LogP contribution in [0.3, 0.4) is 0 Å². The van der Waals surface area contributed by atoms with Gasteiger partial charge in [0, 0.05) is 0 Å². The van der Waals surface area contributed by atoms with Crippen molar-refractivity contribution in [1.29, 1.82) is 0 Å². The Labute approximate surface area is 69.6 Å². The van der Waals surface area contributed by atoms with E-state index in [0.717, 1.165) is 6.08 Å². The molecule has 0 aliphatic rings. The molecule has 3 nitrogen and oxygen atoms in total. The first-order valence-electron chi connectivity index (χ1n) is 3.31. The minimum absolute atomic E-state index is 0.0681. The van der Waals surface area contributed by atoms with Gasteiger partial charge in [-0.1, -0.05) is 6.07 Å². The lowest BCUT2D eigenvalue weighted by atomic mass is 10.1. The number of hydrogen-bond acceptors (Lipinski definition) is 3. The average Bonchev–Trinajstić information content (AvgIpc) is 2.04. The highest BCUT2D eigenvalue weighted by Crippen LogP contribution is 2.27. The van der Waals surface area contributed by atoms with E-state index in [-0.39, 0.29) is 17.1 Å². The van der Waals surface area contributed by atoms with Gasteiger partial charge >= 0.3 is 0 Å². The lowest BCUT2D eigenvalue weighted by molar-refractivity contribution is 0.448. The number of phenolic OH excluding ortho intramolecular Hbond substituents is 2. The number of benzene rings is 1. The zero-order valence-electron chi connectivity index (χ0n) is 6.19. The smallest absolute Gasteiger partial charge is 0.225 e. The van der Waals surface area contributed by atoms with Crippen LogP contribution in [-0.4, -0.2) is 16.5 Å². The number of rotatable bonds is 2. The van der Waals surface area contributed by atoms with Gasteiger partial charge in [0.25, 0.3) is 0 Å². The van der Waals surface area contributed by atoms with Crippen LogP contribution >= 0.6 is 0 Å². The quantitative estimate of drug-likeness (QED) is 0.644. The number of allylic oxidation sites excluding steroid dienone is 1.